The standard InChI is InChI=1S/C12H9FN4O/c13-6-1-2-10-7(3-6)8-4-16-5-9(12(14)18)11(8)17(10)15/h1-5H,15H2,(H2,14,18). The molecule has 2 aromatic heterocycles. The molecule has 5 nitrogen and oxygen atoms in total. The van der Waals surface area contributed by atoms with Crippen LogP contribution in [0, 0.1) is 5.82 Å². The number of halogens is 1. The van der Waals surface area contributed by atoms with Crippen LogP contribution in [0.1, 0.15) is 10.4 Å². The molecule has 0 bridgehead atoms. The number of carbonyl (C=O) groups excluding carboxylic acids is 1. The summed E-state index contributed by atoms with van der Waals surface area (Å²) in [5.41, 5.74) is 6.56. The molecule has 3 rings (SSSR count). The van der Waals surface area contributed by atoms with E-state index >= 15 is 0 Å². The molecular formula is C12H9FN4O. The van der Waals surface area contributed by atoms with Crippen molar-refractivity contribution in [3.8, 4) is 0 Å². The lowest BCUT2D eigenvalue weighted by molar-refractivity contribution is 0.100. The highest BCUT2D eigenvalue weighted by molar-refractivity contribution is 6.14. The van der Waals surface area contributed by atoms with E-state index in [0.29, 0.717) is 21.8 Å². The van der Waals surface area contributed by atoms with Gasteiger partial charge in [-0.1, -0.05) is 0 Å². The molecule has 1 amide bonds. The topological polar surface area (TPSA) is 86.9 Å². The van der Waals surface area contributed by atoms with E-state index in [1.54, 1.807) is 6.07 Å². The van der Waals surface area contributed by atoms with E-state index < -0.39 is 5.91 Å². The molecule has 0 saturated heterocycles. The Morgan fingerprint density at radius 3 is 2.78 bits per heavy atom. The van der Waals surface area contributed by atoms with Crippen molar-refractivity contribution in [1.29, 1.82) is 0 Å². The first kappa shape index (κ1) is 10.5. The number of primary amides is 1. The summed E-state index contributed by atoms with van der Waals surface area (Å²) >= 11 is 0. The van der Waals surface area contributed by atoms with Crippen LogP contribution in [0.15, 0.2) is 30.6 Å². The summed E-state index contributed by atoms with van der Waals surface area (Å²) in [7, 11) is 0. The predicted octanol–water partition coefficient (Wildman–Crippen LogP) is 1.14. The molecule has 0 fully saturated rings. The van der Waals surface area contributed by atoms with E-state index in [1.165, 1.54) is 29.2 Å². The van der Waals surface area contributed by atoms with Gasteiger partial charge in [0, 0.05) is 23.2 Å². The van der Waals surface area contributed by atoms with Crippen molar-refractivity contribution in [2.24, 2.45) is 5.73 Å². The quantitative estimate of drug-likeness (QED) is 0.629. The van der Waals surface area contributed by atoms with Crippen LogP contribution in [0.2, 0.25) is 0 Å². The molecule has 6 heteroatoms. The van der Waals surface area contributed by atoms with Gasteiger partial charge in [0.2, 0.25) is 0 Å². The second-order valence-corrected chi connectivity index (χ2v) is 3.98. The SMILES string of the molecule is NC(=O)c1cncc2c3cc(F)ccc3n(N)c12. The Bertz CT molecular complexity index is 793. The number of aromatic nitrogens is 2. The Morgan fingerprint density at radius 1 is 1.28 bits per heavy atom. The van der Waals surface area contributed by atoms with Gasteiger partial charge in [-0.2, -0.15) is 0 Å². The van der Waals surface area contributed by atoms with Crippen molar-refractivity contribution in [3.05, 3.63) is 42.0 Å². The van der Waals surface area contributed by atoms with Gasteiger partial charge in [-0.15, -0.1) is 0 Å². The van der Waals surface area contributed by atoms with Crippen LogP contribution in [-0.2, 0) is 0 Å². The average molecular weight is 244 g/mol. The van der Waals surface area contributed by atoms with E-state index in [4.69, 9.17) is 11.6 Å². The first-order valence-corrected chi connectivity index (χ1v) is 5.22. The number of nitrogens with zero attached hydrogens (tertiary/aromatic N) is 2. The number of pyridine rings is 1. The van der Waals surface area contributed by atoms with E-state index in [0.717, 1.165) is 0 Å². The molecule has 0 aliphatic carbocycles. The summed E-state index contributed by atoms with van der Waals surface area (Å²) in [6.07, 6.45) is 2.89. The number of nitrogen functional groups attached to an aromatic ring is 1. The van der Waals surface area contributed by atoms with Crippen LogP contribution in [-0.4, -0.2) is 15.6 Å². The molecule has 2 heterocycles. The predicted molar refractivity (Wildman–Crippen MR) is 65.9 cm³/mol. The summed E-state index contributed by atoms with van der Waals surface area (Å²) < 4.78 is 14.6. The van der Waals surface area contributed by atoms with Gasteiger partial charge in [0.05, 0.1) is 16.6 Å². The van der Waals surface area contributed by atoms with Gasteiger partial charge in [-0.25, -0.2) is 4.39 Å². The number of rotatable bonds is 1. The maximum Gasteiger partial charge on any atom is 0.252 e. The third kappa shape index (κ3) is 1.26. The fourth-order valence-corrected chi connectivity index (χ4v) is 2.15. The van der Waals surface area contributed by atoms with Crippen LogP contribution < -0.4 is 11.6 Å². The van der Waals surface area contributed by atoms with Crippen LogP contribution in [0.3, 0.4) is 0 Å². The lowest BCUT2D eigenvalue weighted by Gasteiger charge is -2.01. The third-order valence-electron chi connectivity index (χ3n) is 2.93. The molecule has 0 unspecified atom stereocenters. The highest BCUT2D eigenvalue weighted by Crippen LogP contribution is 2.29. The van der Waals surface area contributed by atoms with Crippen molar-refractivity contribution >= 4 is 27.7 Å². The second kappa shape index (κ2) is 3.43. The van der Waals surface area contributed by atoms with Crippen LogP contribution >= 0.6 is 0 Å². The Kier molecular flexibility index (Phi) is 2.00. The molecular weight excluding hydrogens is 235 g/mol. The summed E-state index contributed by atoms with van der Waals surface area (Å²) in [6, 6.07) is 4.21. The average Bonchev–Trinajstić information content (AvgIpc) is 2.63. The molecule has 18 heavy (non-hydrogen) atoms. The van der Waals surface area contributed by atoms with Gasteiger partial charge in [-0.3, -0.25) is 14.5 Å². The maximum atomic E-state index is 13.3. The monoisotopic (exact) mass is 244 g/mol. The van der Waals surface area contributed by atoms with E-state index in [9.17, 15) is 9.18 Å². The van der Waals surface area contributed by atoms with E-state index in [-0.39, 0.29) is 11.4 Å². The molecule has 0 radical (unpaired) electrons. The van der Waals surface area contributed by atoms with Crippen molar-refractivity contribution in [3.63, 3.8) is 0 Å². The minimum Gasteiger partial charge on any atom is -0.365 e. The van der Waals surface area contributed by atoms with Gasteiger partial charge >= 0.3 is 0 Å². The minimum absolute atomic E-state index is 0.214. The van der Waals surface area contributed by atoms with E-state index in [2.05, 4.69) is 4.98 Å². The molecule has 0 saturated carbocycles. The van der Waals surface area contributed by atoms with Gasteiger partial charge < -0.3 is 11.6 Å². The van der Waals surface area contributed by atoms with Gasteiger partial charge in [0.25, 0.3) is 5.91 Å². The first-order valence-electron chi connectivity index (χ1n) is 5.22. The molecule has 90 valence electrons. The highest BCUT2D eigenvalue weighted by atomic mass is 19.1. The Labute approximate surface area is 101 Å². The van der Waals surface area contributed by atoms with Crippen molar-refractivity contribution in [1.82, 2.24) is 9.66 Å². The zero-order chi connectivity index (χ0) is 12.9. The lowest BCUT2D eigenvalue weighted by Crippen LogP contribution is -2.16. The van der Waals surface area contributed by atoms with Crippen molar-refractivity contribution in [2.75, 3.05) is 5.84 Å². The lowest BCUT2D eigenvalue weighted by atomic mass is 10.1. The second-order valence-electron chi connectivity index (χ2n) is 3.98. The summed E-state index contributed by atoms with van der Waals surface area (Å²) in [4.78, 5) is 15.3. The fraction of sp³-hybridized carbons (Fsp3) is 0. The zero-order valence-corrected chi connectivity index (χ0v) is 9.22. The van der Waals surface area contributed by atoms with Gasteiger partial charge in [0.1, 0.15) is 5.82 Å². The van der Waals surface area contributed by atoms with Gasteiger partial charge in [0.15, 0.2) is 0 Å². The van der Waals surface area contributed by atoms with E-state index in [1.807, 2.05) is 0 Å². The fourth-order valence-electron chi connectivity index (χ4n) is 2.15. The Hall–Kier alpha value is -2.63. The molecule has 0 aliphatic rings. The zero-order valence-electron chi connectivity index (χ0n) is 9.22. The van der Waals surface area contributed by atoms with Crippen LogP contribution in [0.5, 0.6) is 0 Å². The number of fused-ring (bicyclic) bond motifs is 3. The summed E-state index contributed by atoms with van der Waals surface area (Å²) in [5.74, 6) is 4.92. The van der Waals surface area contributed by atoms with Crippen LogP contribution in [0.25, 0.3) is 21.8 Å². The molecule has 0 atom stereocenters. The van der Waals surface area contributed by atoms with Crippen LogP contribution in [0.4, 0.5) is 4.39 Å². The molecule has 0 spiro atoms. The number of carbonyl (C=O) groups is 1. The summed E-state index contributed by atoms with van der Waals surface area (Å²) in [5, 5.41) is 1.20. The van der Waals surface area contributed by atoms with Crippen molar-refractivity contribution < 1.29 is 9.18 Å². The smallest absolute Gasteiger partial charge is 0.252 e. The van der Waals surface area contributed by atoms with Crippen molar-refractivity contribution in [2.45, 2.75) is 0 Å². The number of benzene rings is 1. The normalized spacial score (nSPS) is 11.2. The molecule has 3 aromatic rings. The minimum atomic E-state index is -0.622. The third-order valence-corrected chi connectivity index (χ3v) is 2.93. The number of nitrogens with two attached hydrogens (primary N) is 2. The highest BCUT2D eigenvalue weighted by Gasteiger charge is 2.16. The first-order chi connectivity index (χ1) is 8.59. The number of hydrogen-bond acceptors (Lipinski definition) is 3. The maximum absolute atomic E-state index is 13.3. The molecule has 0 aliphatic heterocycles. The Morgan fingerprint density at radius 2 is 2.06 bits per heavy atom. The summed E-state index contributed by atoms with van der Waals surface area (Å²) in [6.45, 7) is 0. The molecule has 1 aromatic carbocycles. The Balaban J connectivity index is 2.59. The number of amides is 1. The van der Waals surface area contributed by atoms with Gasteiger partial charge in [-0.05, 0) is 18.2 Å². The largest absolute Gasteiger partial charge is 0.365 e. The molecule has 4 N–H and O–H groups in total. The number of hydrogen-bond donors (Lipinski definition) is 2.